The van der Waals surface area contributed by atoms with E-state index in [4.69, 9.17) is 0 Å². The van der Waals surface area contributed by atoms with Crippen molar-refractivity contribution < 1.29 is 9.59 Å². The molecule has 8 heteroatoms. The lowest BCUT2D eigenvalue weighted by atomic mass is 9.99. The highest BCUT2D eigenvalue weighted by Gasteiger charge is 2.26. The number of ketones is 1. The maximum absolute atomic E-state index is 13.2. The van der Waals surface area contributed by atoms with Crippen molar-refractivity contribution in [2.45, 2.75) is 40.5 Å². The molecule has 0 saturated carbocycles. The minimum atomic E-state index is -0.189. The van der Waals surface area contributed by atoms with E-state index in [0.717, 1.165) is 71.2 Å². The van der Waals surface area contributed by atoms with Gasteiger partial charge in [-0.15, -0.1) is 0 Å². The summed E-state index contributed by atoms with van der Waals surface area (Å²) in [6, 6.07) is 17.2. The van der Waals surface area contributed by atoms with Crippen molar-refractivity contribution in [1.82, 2.24) is 19.7 Å². The Hall–Kier alpha value is -4.74. The zero-order valence-corrected chi connectivity index (χ0v) is 23.9. The fraction of sp³-hybridized carbons (Fsp3) is 0.273. The first-order valence-electron chi connectivity index (χ1n) is 14.0. The molecule has 0 aliphatic carbocycles. The molecule has 2 N–H and O–H groups in total. The molecule has 0 atom stereocenters. The second kappa shape index (κ2) is 11.8. The minimum Gasteiger partial charge on any atom is -0.358 e. The number of carbonyl (C=O) groups excluding carboxylic acids is 2. The van der Waals surface area contributed by atoms with Crippen molar-refractivity contribution in [3.8, 4) is 23.0 Å². The van der Waals surface area contributed by atoms with Crippen LogP contribution in [0.15, 0.2) is 54.7 Å². The summed E-state index contributed by atoms with van der Waals surface area (Å²) >= 11 is 0. The van der Waals surface area contributed by atoms with Gasteiger partial charge in [-0.2, -0.15) is 10.4 Å². The van der Waals surface area contributed by atoms with Crippen molar-refractivity contribution in [2.24, 2.45) is 0 Å². The number of fused-ring (bicyclic) bond motifs is 1. The first kappa shape index (κ1) is 27.8. The van der Waals surface area contributed by atoms with Crippen LogP contribution in [0, 0.1) is 25.2 Å². The Morgan fingerprint density at radius 2 is 1.93 bits per heavy atom. The molecule has 1 aliphatic heterocycles. The van der Waals surface area contributed by atoms with Gasteiger partial charge in [0, 0.05) is 40.2 Å². The zero-order chi connectivity index (χ0) is 29.1. The Kier molecular flexibility index (Phi) is 7.99. The Bertz CT molecular complexity index is 1700. The summed E-state index contributed by atoms with van der Waals surface area (Å²) in [6.45, 7) is 11.0. The zero-order valence-electron chi connectivity index (χ0n) is 23.9. The van der Waals surface area contributed by atoms with Crippen LogP contribution in [0.2, 0.25) is 0 Å². The molecule has 3 heterocycles. The number of anilines is 1. The molecular formula is C33H34N6O2. The molecule has 4 aromatic rings. The Morgan fingerprint density at radius 3 is 2.68 bits per heavy atom. The first-order chi connectivity index (χ1) is 19.8. The van der Waals surface area contributed by atoms with E-state index >= 15 is 0 Å². The number of amides is 1. The number of aromatic nitrogens is 3. The number of H-pyrrole nitrogens is 1. The number of Topliss-reactive ketones (excluding diaryl/α,β-unsaturated/α-hetero) is 1. The summed E-state index contributed by atoms with van der Waals surface area (Å²) in [5, 5.41) is 16.8. The molecule has 8 nitrogen and oxygen atoms in total. The first-order valence-corrected chi connectivity index (χ1v) is 14.0. The van der Waals surface area contributed by atoms with Crippen LogP contribution in [0.4, 0.5) is 5.69 Å². The Labute approximate surface area is 240 Å². The monoisotopic (exact) mass is 546 g/mol. The largest absolute Gasteiger partial charge is 0.358 e. The number of hydrogen-bond donors (Lipinski definition) is 2. The van der Waals surface area contributed by atoms with Crippen LogP contribution >= 0.6 is 0 Å². The van der Waals surface area contributed by atoms with E-state index in [1.807, 2.05) is 56.3 Å². The van der Waals surface area contributed by atoms with Gasteiger partial charge in [0.2, 0.25) is 0 Å². The molecule has 41 heavy (non-hydrogen) atoms. The average molecular weight is 547 g/mol. The molecule has 2 aromatic carbocycles. The van der Waals surface area contributed by atoms with Crippen LogP contribution in [0.5, 0.6) is 0 Å². The predicted octanol–water partition coefficient (Wildman–Crippen LogP) is 6.15. The van der Waals surface area contributed by atoms with Gasteiger partial charge in [0.25, 0.3) is 5.91 Å². The molecule has 1 aliphatic rings. The fourth-order valence-corrected chi connectivity index (χ4v) is 5.53. The van der Waals surface area contributed by atoms with Crippen LogP contribution in [0.1, 0.15) is 65.1 Å². The number of aryl methyl sites for hydroxylation is 1. The minimum absolute atomic E-state index is 0.125. The fourth-order valence-electron chi connectivity index (χ4n) is 5.53. The van der Waals surface area contributed by atoms with Crippen molar-refractivity contribution in [1.29, 1.82) is 5.26 Å². The molecular weight excluding hydrogens is 512 g/mol. The van der Waals surface area contributed by atoms with Gasteiger partial charge in [-0.05, 0) is 87.9 Å². The number of rotatable bonds is 10. The third kappa shape index (κ3) is 5.49. The molecule has 1 amide bonds. The number of hydrogen-bond acceptors (Lipinski definition) is 5. The van der Waals surface area contributed by atoms with Crippen molar-refractivity contribution in [3.63, 3.8) is 0 Å². The van der Waals surface area contributed by atoms with E-state index in [2.05, 4.69) is 40.2 Å². The topological polar surface area (TPSA) is 107 Å². The standard InChI is InChI=1S/C33H34N6O2/c1-5-38(6-2)16-8-11-31(40)32-21(3)29(36-22(32)4)19-27-26-18-24(12-13-28(26)37-33(27)41)30-14-15-35-39(30)25-10-7-9-23(17-25)20-34/h7,9-10,12-15,17-19,36H,5-6,8,11,16H2,1-4H3,(H,37,41)/b27-19-. The van der Waals surface area contributed by atoms with Crippen molar-refractivity contribution in [3.05, 3.63) is 88.4 Å². The highest BCUT2D eigenvalue weighted by molar-refractivity contribution is 6.35. The second-order valence-electron chi connectivity index (χ2n) is 10.3. The maximum Gasteiger partial charge on any atom is 0.256 e. The van der Waals surface area contributed by atoms with Crippen LogP contribution in [-0.4, -0.2) is 51.0 Å². The number of benzene rings is 2. The van der Waals surface area contributed by atoms with E-state index < -0.39 is 0 Å². The lowest BCUT2D eigenvalue weighted by Crippen LogP contribution is -2.24. The summed E-state index contributed by atoms with van der Waals surface area (Å²) in [5.41, 5.74) is 8.25. The van der Waals surface area contributed by atoms with Gasteiger partial charge in [-0.3, -0.25) is 9.59 Å². The molecule has 0 saturated heterocycles. The highest BCUT2D eigenvalue weighted by Crippen LogP contribution is 2.37. The maximum atomic E-state index is 13.2. The van der Waals surface area contributed by atoms with Crippen molar-refractivity contribution in [2.75, 3.05) is 25.0 Å². The third-order valence-corrected chi connectivity index (χ3v) is 7.78. The molecule has 0 radical (unpaired) electrons. The summed E-state index contributed by atoms with van der Waals surface area (Å²) in [6.07, 6.45) is 4.86. The molecule has 0 bridgehead atoms. The molecule has 0 spiro atoms. The van der Waals surface area contributed by atoms with Gasteiger partial charge in [-0.1, -0.05) is 26.0 Å². The van der Waals surface area contributed by atoms with Crippen LogP contribution < -0.4 is 5.32 Å². The summed E-state index contributed by atoms with van der Waals surface area (Å²) in [5.74, 6) is -0.0634. The lowest BCUT2D eigenvalue weighted by molar-refractivity contribution is -0.110. The van der Waals surface area contributed by atoms with Crippen molar-refractivity contribution >= 4 is 29.0 Å². The van der Waals surface area contributed by atoms with Gasteiger partial charge in [0.15, 0.2) is 5.78 Å². The van der Waals surface area contributed by atoms with Gasteiger partial charge < -0.3 is 15.2 Å². The number of carbonyl (C=O) groups is 2. The van der Waals surface area contributed by atoms with Gasteiger partial charge in [0.1, 0.15) is 0 Å². The third-order valence-electron chi connectivity index (χ3n) is 7.78. The predicted molar refractivity (Wildman–Crippen MR) is 162 cm³/mol. The summed E-state index contributed by atoms with van der Waals surface area (Å²) < 4.78 is 1.78. The number of nitriles is 1. The normalized spacial score (nSPS) is 13.5. The number of nitrogens with zero attached hydrogens (tertiary/aromatic N) is 4. The second-order valence-corrected chi connectivity index (χ2v) is 10.3. The van der Waals surface area contributed by atoms with E-state index in [-0.39, 0.29) is 11.7 Å². The summed E-state index contributed by atoms with van der Waals surface area (Å²) in [4.78, 5) is 31.9. The van der Waals surface area contributed by atoms with Gasteiger partial charge in [-0.25, -0.2) is 4.68 Å². The molecule has 0 unspecified atom stereocenters. The van der Waals surface area contributed by atoms with Gasteiger partial charge in [0.05, 0.1) is 34.8 Å². The van der Waals surface area contributed by atoms with E-state index in [0.29, 0.717) is 23.1 Å². The van der Waals surface area contributed by atoms with E-state index in [9.17, 15) is 14.9 Å². The van der Waals surface area contributed by atoms with Crippen LogP contribution in [0.25, 0.3) is 28.6 Å². The Balaban J connectivity index is 1.45. The smallest absolute Gasteiger partial charge is 0.256 e. The van der Waals surface area contributed by atoms with E-state index in [1.54, 1.807) is 23.0 Å². The molecule has 208 valence electrons. The molecule has 0 fully saturated rings. The van der Waals surface area contributed by atoms with Gasteiger partial charge >= 0.3 is 0 Å². The lowest BCUT2D eigenvalue weighted by Gasteiger charge is -2.17. The highest BCUT2D eigenvalue weighted by atomic mass is 16.2. The number of aromatic amines is 1. The van der Waals surface area contributed by atoms with E-state index in [1.165, 1.54) is 0 Å². The van der Waals surface area contributed by atoms with Crippen LogP contribution in [0.3, 0.4) is 0 Å². The number of nitrogens with one attached hydrogen (secondary N) is 2. The summed E-state index contributed by atoms with van der Waals surface area (Å²) in [7, 11) is 0. The Morgan fingerprint density at radius 1 is 1.12 bits per heavy atom. The van der Waals surface area contributed by atoms with Crippen LogP contribution in [-0.2, 0) is 4.79 Å². The quantitative estimate of drug-likeness (QED) is 0.183. The molecule has 5 rings (SSSR count). The molecule has 2 aromatic heterocycles. The average Bonchev–Trinajstić information content (AvgIpc) is 3.66. The SMILES string of the molecule is CCN(CC)CCCC(=O)c1c(C)[nH]c(/C=C2\C(=O)Nc3ccc(-c4ccnn4-c4cccc(C#N)c4)cc32)c1C.